The van der Waals surface area contributed by atoms with Crippen molar-refractivity contribution in [2.24, 2.45) is 0 Å². The Morgan fingerprint density at radius 2 is 1.95 bits per heavy atom. The van der Waals surface area contributed by atoms with E-state index in [2.05, 4.69) is 4.98 Å². The number of rotatable bonds is 3. The van der Waals surface area contributed by atoms with Crippen LogP contribution in [0.15, 0.2) is 54.9 Å². The molecule has 3 heteroatoms. The quantitative estimate of drug-likeness (QED) is 0.720. The Hall–Kier alpha value is -2.42. The zero-order valence-corrected chi connectivity index (χ0v) is 12.3. The van der Waals surface area contributed by atoms with E-state index in [0.29, 0.717) is 0 Å². The second-order valence-corrected chi connectivity index (χ2v) is 5.32. The van der Waals surface area contributed by atoms with Crippen LogP contribution in [0.3, 0.4) is 0 Å². The van der Waals surface area contributed by atoms with Gasteiger partial charge in [-0.25, -0.2) is 4.98 Å². The number of imidazole rings is 1. The third-order valence-corrected chi connectivity index (χ3v) is 3.85. The first kappa shape index (κ1) is 13.6. The predicted octanol–water partition coefficient (Wildman–Crippen LogP) is 4.18. The van der Waals surface area contributed by atoms with Gasteiger partial charge < -0.3 is 0 Å². The highest BCUT2D eigenvalue weighted by Gasteiger charge is 2.21. The molecule has 0 amide bonds. The number of aromatic nitrogens is 2. The minimum atomic E-state index is -0.134. The molecule has 21 heavy (non-hydrogen) atoms. The number of hydrogen-bond donors (Lipinski definition) is 0. The van der Waals surface area contributed by atoms with Gasteiger partial charge in [0.2, 0.25) is 5.91 Å². The van der Waals surface area contributed by atoms with Gasteiger partial charge in [-0.1, -0.05) is 43.3 Å². The van der Waals surface area contributed by atoms with Crippen molar-refractivity contribution in [3.8, 4) is 0 Å². The van der Waals surface area contributed by atoms with E-state index in [1.54, 1.807) is 10.9 Å². The maximum atomic E-state index is 12.9. The Bertz CT molecular complexity index is 774. The molecule has 0 aliphatic carbocycles. The van der Waals surface area contributed by atoms with E-state index in [1.807, 2.05) is 62.4 Å². The lowest BCUT2D eigenvalue weighted by Crippen LogP contribution is -2.18. The maximum absolute atomic E-state index is 12.9. The molecule has 0 N–H and O–H groups in total. The number of carbonyl (C=O) groups is 1. The zero-order chi connectivity index (χ0) is 14.8. The average Bonchev–Trinajstić information content (AvgIpc) is 2.92. The molecule has 2 aromatic carbocycles. The molecule has 3 aromatic rings. The summed E-state index contributed by atoms with van der Waals surface area (Å²) in [5.41, 5.74) is 3.94. The molecular formula is C18H18N2O. The van der Waals surface area contributed by atoms with Crippen molar-refractivity contribution in [2.45, 2.75) is 26.2 Å². The Balaban J connectivity index is 2.03. The van der Waals surface area contributed by atoms with Crippen molar-refractivity contribution < 1.29 is 4.79 Å². The van der Waals surface area contributed by atoms with Crippen LogP contribution in [0.1, 0.15) is 35.2 Å². The van der Waals surface area contributed by atoms with Gasteiger partial charge in [-0.05, 0) is 36.6 Å². The van der Waals surface area contributed by atoms with E-state index in [-0.39, 0.29) is 11.8 Å². The first-order valence-electron chi connectivity index (χ1n) is 7.23. The highest BCUT2D eigenvalue weighted by atomic mass is 16.2. The van der Waals surface area contributed by atoms with E-state index in [4.69, 9.17) is 0 Å². The van der Waals surface area contributed by atoms with Gasteiger partial charge >= 0.3 is 0 Å². The lowest BCUT2D eigenvalue weighted by Gasteiger charge is -2.15. The van der Waals surface area contributed by atoms with Gasteiger partial charge in [-0.15, -0.1) is 0 Å². The van der Waals surface area contributed by atoms with Crippen molar-refractivity contribution in [1.29, 1.82) is 0 Å². The van der Waals surface area contributed by atoms with Crippen LogP contribution in [0.25, 0.3) is 11.0 Å². The van der Waals surface area contributed by atoms with Gasteiger partial charge in [0.25, 0.3) is 0 Å². The second kappa shape index (κ2) is 5.52. The highest BCUT2D eigenvalue weighted by molar-refractivity contribution is 5.94. The van der Waals surface area contributed by atoms with Crippen molar-refractivity contribution in [3.05, 3.63) is 66.0 Å². The Kier molecular flexibility index (Phi) is 3.57. The molecule has 3 rings (SSSR count). The molecule has 0 aliphatic heterocycles. The summed E-state index contributed by atoms with van der Waals surface area (Å²) in [6.45, 7) is 4.07. The number of fused-ring (bicyclic) bond motifs is 1. The van der Waals surface area contributed by atoms with Gasteiger partial charge in [0.1, 0.15) is 6.33 Å². The monoisotopic (exact) mass is 278 g/mol. The third-order valence-electron chi connectivity index (χ3n) is 3.85. The second-order valence-electron chi connectivity index (χ2n) is 5.32. The third kappa shape index (κ3) is 2.47. The van der Waals surface area contributed by atoms with Crippen molar-refractivity contribution >= 4 is 16.9 Å². The fourth-order valence-electron chi connectivity index (χ4n) is 2.70. The summed E-state index contributed by atoms with van der Waals surface area (Å²) in [6, 6.07) is 15.9. The molecule has 106 valence electrons. The van der Waals surface area contributed by atoms with Crippen molar-refractivity contribution in [3.63, 3.8) is 0 Å². The van der Waals surface area contributed by atoms with E-state index >= 15 is 0 Å². The highest BCUT2D eigenvalue weighted by Crippen LogP contribution is 2.24. The molecular weight excluding hydrogens is 260 g/mol. The van der Waals surface area contributed by atoms with Crippen LogP contribution in [0.5, 0.6) is 0 Å². The van der Waals surface area contributed by atoms with E-state index < -0.39 is 0 Å². The van der Waals surface area contributed by atoms with E-state index in [0.717, 1.165) is 28.6 Å². The molecule has 1 aromatic heterocycles. The molecule has 0 spiro atoms. The zero-order valence-electron chi connectivity index (χ0n) is 12.3. The number of hydrogen-bond acceptors (Lipinski definition) is 2. The SMILES string of the molecule is CCC(C(=O)n1cnc2cc(C)ccc21)c1ccccc1. The minimum absolute atomic E-state index is 0.0788. The maximum Gasteiger partial charge on any atom is 0.239 e. The fourth-order valence-corrected chi connectivity index (χ4v) is 2.70. The van der Waals surface area contributed by atoms with Crippen LogP contribution in [0, 0.1) is 6.92 Å². The summed E-state index contributed by atoms with van der Waals surface area (Å²) in [4.78, 5) is 17.2. The van der Waals surface area contributed by atoms with Crippen LogP contribution < -0.4 is 0 Å². The van der Waals surface area contributed by atoms with Crippen LogP contribution in [0.4, 0.5) is 0 Å². The van der Waals surface area contributed by atoms with E-state index in [1.165, 1.54) is 0 Å². The Morgan fingerprint density at radius 3 is 2.67 bits per heavy atom. The molecule has 0 saturated carbocycles. The molecule has 1 atom stereocenters. The Labute approximate surface area is 124 Å². The number of nitrogens with zero attached hydrogens (tertiary/aromatic N) is 2. The molecule has 1 unspecified atom stereocenters. The lowest BCUT2D eigenvalue weighted by molar-refractivity contribution is 0.0880. The summed E-state index contributed by atoms with van der Waals surface area (Å²) in [7, 11) is 0. The molecule has 0 bridgehead atoms. The van der Waals surface area contributed by atoms with Crippen LogP contribution in [-0.4, -0.2) is 15.5 Å². The number of benzene rings is 2. The number of carbonyl (C=O) groups excluding carboxylic acids is 1. The first-order valence-corrected chi connectivity index (χ1v) is 7.23. The fraction of sp³-hybridized carbons (Fsp3) is 0.222. The standard InChI is InChI=1S/C18H18N2O/c1-3-15(14-7-5-4-6-8-14)18(21)20-12-19-16-11-13(2)9-10-17(16)20/h4-12,15H,3H2,1-2H3. The van der Waals surface area contributed by atoms with Gasteiger partial charge in [0.15, 0.2) is 0 Å². The van der Waals surface area contributed by atoms with Crippen LogP contribution in [0.2, 0.25) is 0 Å². The largest absolute Gasteiger partial charge is 0.273 e. The normalized spacial score (nSPS) is 12.5. The van der Waals surface area contributed by atoms with E-state index in [9.17, 15) is 4.79 Å². The van der Waals surface area contributed by atoms with Crippen molar-refractivity contribution in [2.75, 3.05) is 0 Å². The summed E-state index contributed by atoms with van der Waals surface area (Å²) < 4.78 is 1.68. The van der Waals surface area contributed by atoms with Gasteiger partial charge in [-0.2, -0.15) is 0 Å². The summed E-state index contributed by atoms with van der Waals surface area (Å²) in [5, 5.41) is 0. The molecule has 0 saturated heterocycles. The topological polar surface area (TPSA) is 34.9 Å². The van der Waals surface area contributed by atoms with Gasteiger partial charge in [0, 0.05) is 0 Å². The first-order chi connectivity index (χ1) is 10.2. The Morgan fingerprint density at radius 1 is 1.19 bits per heavy atom. The van der Waals surface area contributed by atoms with Crippen LogP contribution in [-0.2, 0) is 0 Å². The molecule has 0 radical (unpaired) electrons. The van der Waals surface area contributed by atoms with Gasteiger partial charge in [0.05, 0.1) is 17.0 Å². The predicted molar refractivity (Wildman–Crippen MR) is 84.6 cm³/mol. The number of aryl methyl sites for hydroxylation is 1. The average molecular weight is 278 g/mol. The van der Waals surface area contributed by atoms with Gasteiger partial charge in [-0.3, -0.25) is 9.36 Å². The lowest BCUT2D eigenvalue weighted by atomic mass is 9.95. The summed E-state index contributed by atoms with van der Waals surface area (Å²) >= 11 is 0. The van der Waals surface area contributed by atoms with Crippen LogP contribution >= 0.6 is 0 Å². The smallest absolute Gasteiger partial charge is 0.239 e. The molecule has 0 aliphatic rings. The summed E-state index contributed by atoms with van der Waals surface area (Å²) in [5.74, 6) is -0.0556. The molecule has 1 heterocycles. The molecule has 3 nitrogen and oxygen atoms in total. The minimum Gasteiger partial charge on any atom is -0.273 e. The molecule has 0 fully saturated rings. The van der Waals surface area contributed by atoms with Crippen molar-refractivity contribution in [1.82, 2.24) is 9.55 Å². The summed E-state index contributed by atoms with van der Waals surface area (Å²) in [6.07, 6.45) is 2.41.